The van der Waals surface area contributed by atoms with Crippen molar-refractivity contribution in [1.82, 2.24) is 24.4 Å². The lowest BCUT2D eigenvalue weighted by atomic mass is 9.89. The van der Waals surface area contributed by atoms with Crippen LogP contribution in [0.5, 0.6) is 11.5 Å². The molecule has 10 heteroatoms. The number of nitrogens with zero attached hydrogens (tertiary/aromatic N) is 5. The number of carbonyl (C=O) groups excluding carboxylic acids is 1. The van der Waals surface area contributed by atoms with E-state index in [1.807, 2.05) is 41.9 Å². The number of aromatic nitrogens is 4. The summed E-state index contributed by atoms with van der Waals surface area (Å²) in [5, 5.41) is 5.98. The minimum Gasteiger partial charge on any atom is -0.457 e. The van der Waals surface area contributed by atoms with Crippen molar-refractivity contribution in [2.45, 2.75) is 25.8 Å². The number of pyridine rings is 2. The number of nitrogens with one attached hydrogen (secondary N) is 2. The third-order valence-corrected chi connectivity index (χ3v) is 7.48. The lowest BCUT2D eigenvalue weighted by Gasteiger charge is -2.48. The molecule has 41 heavy (non-hydrogen) atoms. The maximum absolute atomic E-state index is 14.7. The molecule has 2 aromatic carbocycles. The Morgan fingerprint density at radius 3 is 2.66 bits per heavy atom. The topological polar surface area (TPSA) is 97.2 Å². The van der Waals surface area contributed by atoms with E-state index in [4.69, 9.17) is 4.74 Å². The molecule has 0 bridgehead atoms. The smallest absolute Gasteiger partial charge is 0.239 e. The molecular weight excluding hydrogens is 521 g/mol. The Morgan fingerprint density at radius 1 is 1.05 bits per heavy atom. The van der Waals surface area contributed by atoms with Crippen LogP contribution < -0.4 is 15.4 Å². The first-order chi connectivity index (χ1) is 19.7. The van der Waals surface area contributed by atoms with Crippen molar-refractivity contribution >= 4 is 34.4 Å². The van der Waals surface area contributed by atoms with Gasteiger partial charge in [0, 0.05) is 55.4 Å². The van der Waals surface area contributed by atoms with E-state index in [-0.39, 0.29) is 17.3 Å². The van der Waals surface area contributed by atoms with Gasteiger partial charge in [0.1, 0.15) is 23.1 Å². The average molecular weight is 552 g/mol. The van der Waals surface area contributed by atoms with E-state index >= 15 is 0 Å². The number of hydrogen-bond acceptors (Lipinski definition) is 7. The Kier molecular flexibility index (Phi) is 6.84. The number of carbonyl (C=O) groups is 1. The van der Waals surface area contributed by atoms with Crippen LogP contribution in [0, 0.1) is 5.82 Å². The maximum Gasteiger partial charge on any atom is 0.239 e. The molecule has 5 aromatic rings. The van der Waals surface area contributed by atoms with Gasteiger partial charge in [-0.3, -0.25) is 14.7 Å². The monoisotopic (exact) mass is 551 g/mol. The highest BCUT2D eigenvalue weighted by atomic mass is 19.1. The zero-order chi connectivity index (χ0) is 28.6. The first-order valence-corrected chi connectivity index (χ1v) is 13.4. The number of anilines is 3. The van der Waals surface area contributed by atoms with Gasteiger partial charge in [-0.05, 0) is 62.2 Å². The van der Waals surface area contributed by atoms with E-state index in [2.05, 4.69) is 44.3 Å². The average Bonchev–Trinajstić information content (AvgIpc) is 3.27. The molecular formula is C31H30FN7O2. The molecule has 0 atom stereocenters. The summed E-state index contributed by atoms with van der Waals surface area (Å²) < 4.78 is 22.6. The standard InChI is InChI=1S/C31H30FN7O2/c1-31(2)11-14-39(31)19-29(40)37-28-17-23(10-13-34-28)41-22-7-9-27-26(16-22)36-30(38(27)3)35-25-15-20(6-8-24(25)32)21-5-4-12-33-18-21/h4-10,12-13,15-18H,11,14,19H2,1-3H3,(H,35,36)(H,34,37,40). The number of amides is 1. The van der Waals surface area contributed by atoms with Gasteiger partial charge >= 0.3 is 0 Å². The summed E-state index contributed by atoms with van der Waals surface area (Å²) in [5.41, 5.74) is 3.62. The number of fused-ring (bicyclic) bond motifs is 1. The molecule has 6 rings (SSSR count). The molecule has 1 saturated heterocycles. The number of ether oxygens (including phenoxy) is 1. The molecule has 0 spiro atoms. The van der Waals surface area contributed by atoms with Crippen molar-refractivity contribution in [1.29, 1.82) is 0 Å². The Balaban J connectivity index is 1.17. The number of aryl methyl sites for hydroxylation is 1. The third-order valence-electron chi connectivity index (χ3n) is 7.48. The van der Waals surface area contributed by atoms with Crippen molar-refractivity contribution in [2.75, 3.05) is 23.7 Å². The van der Waals surface area contributed by atoms with Gasteiger partial charge in [-0.15, -0.1) is 0 Å². The Morgan fingerprint density at radius 2 is 1.90 bits per heavy atom. The molecule has 0 unspecified atom stereocenters. The van der Waals surface area contributed by atoms with Crippen molar-refractivity contribution in [2.24, 2.45) is 7.05 Å². The van der Waals surface area contributed by atoms with Crippen LogP contribution in [0.2, 0.25) is 0 Å². The summed E-state index contributed by atoms with van der Waals surface area (Å²) in [7, 11) is 1.86. The SMILES string of the molecule is Cn1c(Nc2cc(-c3cccnc3)ccc2F)nc2cc(Oc3ccnc(NC(=O)CN4CCC4(C)C)c3)ccc21. The Bertz CT molecular complexity index is 1740. The van der Waals surface area contributed by atoms with E-state index < -0.39 is 0 Å². The molecule has 1 amide bonds. The zero-order valence-corrected chi connectivity index (χ0v) is 23.1. The summed E-state index contributed by atoms with van der Waals surface area (Å²) in [5.74, 6) is 1.51. The molecule has 1 aliphatic rings. The van der Waals surface area contributed by atoms with E-state index in [0.29, 0.717) is 41.0 Å². The number of hydrogen-bond donors (Lipinski definition) is 2. The quantitative estimate of drug-likeness (QED) is 0.240. The zero-order valence-electron chi connectivity index (χ0n) is 23.1. The third kappa shape index (κ3) is 5.59. The van der Waals surface area contributed by atoms with Crippen LogP contribution in [0.15, 0.2) is 79.3 Å². The number of likely N-dealkylation sites (tertiary alicyclic amines) is 1. The molecule has 9 nitrogen and oxygen atoms in total. The molecule has 0 saturated carbocycles. The molecule has 1 fully saturated rings. The van der Waals surface area contributed by atoms with Crippen molar-refractivity contribution < 1.29 is 13.9 Å². The second-order valence-corrected chi connectivity index (χ2v) is 10.7. The number of benzene rings is 2. The van der Waals surface area contributed by atoms with Crippen molar-refractivity contribution in [3.8, 4) is 22.6 Å². The lowest BCUT2D eigenvalue weighted by Crippen LogP contribution is -2.57. The largest absolute Gasteiger partial charge is 0.457 e. The summed E-state index contributed by atoms with van der Waals surface area (Å²) in [6.07, 6.45) is 6.11. The molecule has 1 aliphatic heterocycles. The van der Waals surface area contributed by atoms with Crippen molar-refractivity contribution in [3.05, 3.63) is 85.1 Å². The molecule has 0 radical (unpaired) electrons. The van der Waals surface area contributed by atoms with Gasteiger partial charge in [-0.2, -0.15) is 0 Å². The fraction of sp³-hybridized carbons (Fsp3) is 0.226. The molecule has 0 aliphatic carbocycles. The Hall–Kier alpha value is -4.83. The summed E-state index contributed by atoms with van der Waals surface area (Å²) in [6.45, 7) is 5.50. The lowest BCUT2D eigenvalue weighted by molar-refractivity contribution is -0.121. The Labute approximate surface area is 237 Å². The van der Waals surface area contributed by atoms with Gasteiger partial charge in [-0.25, -0.2) is 14.4 Å². The summed E-state index contributed by atoms with van der Waals surface area (Å²) >= 11 is 0. The number of halogens is 1. The second-order valence-electron chi connectivity index (χ2n) is 10.7. The van der Waals surface area contributed by atoms with Crippen LogP contribution in [0.3, 0.4) is 0 Å². The van der Waals surface area contributed by atoms with E-state index in [1.54, 1.807) is 42.9 Å². The maximum atomic E-state index is 14.7. The van der Waals surface area contributed by atoms with Crippen LogP contribution in [-0.4, -0.2) is 49.0 Å². The highest BCUT2D eigenvalue weighted by Crippen LogP contribution is 2.31. The van der Waals surface area contributed by atoms with Gasteiger partial charge in [0.05, 0.1) is 23.3 Å². The fourth-order valence-corrected chi connectivity index (χ4v) is 4.85. The van der Waals surface area contributed by atoms with Gasteiger partial charge in [0.2, 0.25) is 11.9 Å². The summed E-state index contributed by atoms with van der Waals surface area (Å²) in [6, 6.07) is 17.6. The highest BCUT2D eigenvalue weighted by molar-refractivity contribution is 5.91. The van der Waals surface area contributed by atoms with Crippen LogP contribution in [0.1, 0.15) is 20.3 Å². The van der Waals surface area contributed by atoms with Gasteiger partial charge in [-0.1, -0.05) is 12.1 Å². The van der Waals surface area contributed by atoms with Crippen molar-refractivity contribution in [3.63, 3.8) is 0 Å². The predicted octanol–water partition coefficient (Wildman–Crippen LogP) is 6.13. The highest BCUT2D eigenvalue weighted by Gasteiger charge is 2.36. The van der Waals surface area contributed by atoms with Crippen LogP contribution in [0.4, 0.5) is 21.8 Å². The minimum absolute atomic E-state index is 0.0489. The van der Waals surface area contributed by atoms with E-state index in [9.17, 15) is 9.18 Å². The van der Waals surface area contributed by atoms with Crippen LogP contribution in [0.25, 0.3) is 22.2 Å². The van der Waals surface area contributed by atoms with E-state index in [1.165, 1.54) is 6.07 Å². The number of rotatable bonds is 8. The van der Waals surface area contributed by atoms with Crippen LogP contribution in [-0.2, 0) is 11.8 Å². The van der Waals surface area contributed by atoms with E-state index in [0.717, 1.165) is 29.6 Å². The molecule has 4 heterocycles. The van der Waals surface area contributed by atoms with Gasteiger partial charge in [0.25, 0.3) is 0 Å². The van der Waals surface area contributed by atoms with Crippen LogP contribution >= 0.6 is 0 Å². The fourth-order valence-electron chi connectivity index (χ4n) is 4.85. The first-order valence-electron chi connectivity index (χ1n) is 13.4. The first kappa shape index (κ1) is 26.4. The predicted molar refractivity (Wildman–Crippen MR) is 157 cm³/mol. The minimum atomic E-state index is -0.386. The number of imidazole rings is 1. The second kappa shape index (κ2) is 10.6. The normalized spacial score (nSPS) is 14.4. The molecule has 2 N–H and O–H groups in total. The summed E-state index contributed by atoms with van der Waals surface area (Å²) in [4.78, 5) is 27.7. The molecule has 3 aromatic heterocycles. The van der Waals surface area contributed by atoms with Gasteiger partial charge in [0.15, 0.2) is 0 Å². The van der Waals surface area contributed by atoms with Gasteiger partial charge < -0.3 is 19.9 Å². The molecule has 208 valence electrons.